The summed E-state index contributed by atoms with van der Waals surface area (Å²) >= 11 is 0. The number of aliphatic hydroxyl groups is 2. The van der Waals surface area contributed by atoms with Crippen molar-refractivity contribution in [3.8, 4) is 0 Å². The van der Waals surface area contributed by atoms with Crippen LogP contribution in [0.1, 0.15) is 116 Å². The molecule has 0 aromatic heterocycles. The van der Waals surface area contributed by atoms with Crippen molar-refractivity contribution in [1.29, 1.82) is 0 Å². The first kappa shape index (κ1) is 25.7. The maximum Gasteiger partial charge on any atom is 0.171 e. The van der Waals surface area contributed by atoms with Gasteiger partial charge >= 0.3 is 0 Å². The summed E-state index contributed by atoms with van der Waals surface area (Å²) in [6.07, 6.45) is 9.45. The zero-order valence-electron chi connectivity index (χ0n) is 24.2. The fourth-order valence-electron chi connectivity index (χ4n) is 9.37. The summed E-state index contributed by atoms with van der Waals surface area (Å²) in [6, 6.07) is 9.46. The molecule has 4 saturated carbocycles. The standard InChI is InChI=1S/C34H48O4/c1-29(2)20-37-34(38-21-29)15-12-27-28-24(10-14-33(27,36)19-34)26-11-13-32(5,35)31(26,4)18-25(28)22-6-8-23(9-7-22)30(3)16-17-30/h6-9,24-26,35-36H,10-21H2,1-5H3/t24?,25?,26?,31?,32-,33?/m0/s1. The Morgan fingerprint density at radius 1 is 0.816 bits per heavy atom. The third-order valence-corrected chi connectivity index (χ3v) is 12.4. The quantitative estimate of drug-likeness (QED) is 0.422. The summed E-state index contributed by atoms with van der Waals surface area (Å²) in [7, 11) is 0. The summed E-state index contributed by atoms with van der Waals surface area (Å²) in [5.41, 5.74) is 4.38. The van der Waals surface area contributed by atoms with Crippen LogP contribution in [0.2, 0.25) is 0 Å². The molecule has 1 heterocycles. The van der Waals surface area contributed by atoms with Crippen LogP contribution >= 0.6 is 0 Å². The smallest absolute Gasteiger partial charge is 0.171 e. The molecule has 6 aliphatic rings. The number of rotatable bonds is 2. The van der Waals surface area contributed by atoms with Gasteiger partial charge in [0.15, 0.2) is 5.79 Å². The van der Waals surface area contributed by atoms with Crippen molar-refractivity contribution in [2.75, 3.05) is 13.2 Å². The molecule has 2 N–H and O–H groups in total. The van der Waals surface area contributed by atoms with Crippen molar-refractivity contribution in [2.24, 2.45) is 22.7 Å². The van der Waals surface area contributed by atoms with E-state index in [0.717, 1.165) is 44.9 Å². The van der Waals surface area contributed by atoms with Gasteiger partial charge in [-0.3, -0.25) is 0 Å². The van der Waals surface area contributed by atoms with E-state index >= 15 is 0 Å². The van der Waals surface area contributed by atoms with Gasteiger partial charge in [-0.15, -0.1) is 0 Å². The van der Waals surface area contributed by atoms with E-state index in [1.807, 2.05) is 0 Å². The third-order valence-electron chi connectivity index (χ3n) is 12.4. The Labute approximate surface area is 229 Å². The summed E-state index contributed by atoms with van der Waals surface area (Å²) in [4.78, 5) is 0. The molecule has 1 aromatic rings. The Bertz CT molecular complexity index is 1150. The number of hydrogen-bond donors (Lipinski definition) is 2. The molecule has 4 nitrogen and oxygen atoms in total. The van der Waals surface area contributed by atoms with Gasteiger partial charge in [-0.25, -0.2) is 0 Å². The second-order valence-electron chi connectivity index (χ2n) is 15.7. The van der Waals surface area contributed by atoms with Crippen LogP contribution in [-0.4, -0.2) is 40.4 Å². The summed E-state index contributed by atoms with van der Waals surface area (Å²) in [6.45, 7) is 12.6. The molecule has 1 spiro atoms. The molecule has 0 bridgehead atoms. The minimum atomic E-state index is -0.861. The van der Waals surface area contributed by atoms with E-state index in [4.69, 9.17) is 9.47 Å². The first-order chi connectivity index (χ1) is 17.8. The monoisotopic (exact) mass is 520 g/mol. The Kier molecular flexibility index (Phi) is 5.39. The molecular weight excluding hydrogens is 472 g/mol. The van der Waals surface area contributed by atoms with Crippen LogP contribution in [0, 0.1) is 22.7 Å². The van der Waals surface area contributed by atoms with Crippen molar-refractivity contribution in [3.63, 3.8) is 0 Å². The van der Waals surface area contributed by atoms with E-state index in [1.165, 1.54) is 35.1 Å². The van der Waals surface area contributed by atoms with E-state index in [-0.39, 0.29) is 16.7 Å². The van der Waals surface area contributed by atoms with Gasteiger partial charge in [0, 0.05) is 29.6 Å². The molecule has 5 fully saturated rings. The summed E-state index contributed by atoms with van der Waals surface area (Å²) in [5, 5.41) is 24.0. The summed E-state index contributed by atoms with van der Waals surface area (Å²) in [5.74, 6) is 0.502. The molecule has 1 aliphatic heterocycles. The highest BCUT2D eigenvalue weighted by atomic mass is 16.7. The molecule has 0 radical (unpaired) electrons. The van der Waals surface area contributed by atoms with Gasteiger partial charge in [-0.1, -0.05) is 57.5 Å². The molecular formula is C34H48O4. The van der Waals surface area contributed by atoms with Gasteiger partial charge in [-0.05, 0) is 92.2 Å². The van der Waals surface area contributed by atoms with E-state index in [9.17, 15) is 10.2 Å². The highest BCUT2D eigenvalue weighted by Gasteiger charge is 2.63. The molecule has 7 rings (SSSR count). The van der Waals surface area contributed by atoms with E-state index in [2.05, 4.69) is 58.9 Å². The average molecular weight is 521 g/mol. The molecule has 208 valence electrons. The average Bonchev–Trinajstić information content (AvgIpc) is 3.57. The normalized spacial score (nSPS) is 44.3. The third kappa shape index (κ3) is 3.69. The van der Waals surface area contributed by atoms with Crippen LogP contribution < -0.4 is 0 Å². The topological polar surface area (TPSA) is 58.9 Å². The molecule has 6 atom stereocenters. The summed E-state index contributed by atoms with van der Waals surface area (Å²) < 4.78 is 12.8. The number of fused-ring (bicyclic) bond motifs is 4. The maximum absolute atomic E-state index is 12.3. The largest absolute Gasteiger partial charge is 0.390 e. The lowest BCUT2D eigenvalue weighted by Crippen LogP contribution is -2.58. The Morgan fingerprint density at radius 3 is 2.16 bits per heavy atom. The highest BCUT2D eigenvalue weighted by Crippen LogP contribution is 2.68. The second kappa shape index (κ2) is 7.96. The first-order valence-electron chi connectivity index (χ1n) is 15.4. The predicted octanol–water partition coefficient (Wildman–Crippen LogP) is 6.78. The van der Waals surface area contributed by atoms with Gasteiger partial charge in [0.1, 0.15) is 0 Å². The lowest BCUT2D eigenvalue weighted by Gasteiger charge is -2.58. The van der Waals surface area contributed by atoms with Crippen LogP contribution in [0.5, 0.6) is 0 Å². The maximum atomic E-state index is 12.3. The van der Waals surface area contributed by atoms with Gasteiger partial charge < -0.3 is 19.7 Å². The van der Waals surface area contributed by atoms with Crippen molar-refractivity contribution in [3.05, 3.63) is 46.5 Å². The van der Waals surface area contributed by atoms with Crippen LogP contribution in [0.4, 0.5) is 0 Å². The number of ether oxygens (including phenoxy) is 2. The van der Waals surface area contributed by atoms with Crippen LogP contribution in [0.3, 0.4) is 0 Å². The van der Waals surface area contributed by atoms with Crippen LogP contribution in [0.25, 0.3) is 0 Å². The molecule has 4 heteroatoms. The van der Waals surface area contributed by atoms with Crippen LogP contribution in [0.15, 0.2) is 35.4 Å². The van der Waals surface area contributed by atoms with Crippen molar-refractivity contribution in [2.45, 2.75) is 127 Å². The predicted molar refractivity (Wildman–Crippen MR) is 149 cm³/mol. The molecule has 5 unspecified atom stereocenters. The van der Waals surface area contributed by atoms with Crippen molar-refractivity contribution >= 4 is 0 Å². The van der Waals surface area contributed by atoms with Gasteiger partial charge in [-0.2, -0.15) is 0 Å². The SMILES string of the molecule is CC1(C)COC2(CCC3=C4C(c5ccc(C6(C)CC6)cc5)CC5(C)C(CC[C@]5(C)O)C4CCC3(O)C2)OC1. The number of hydrogen-bond acceptors (Lipinski definition) is 4. The minimum absolute atomic E-state index is 0.0201. The van der Waals surface area contributed by atoms with Crippen LogP contribution in [-0.2, 0) is 14.9 Å². The fraction of sp³-hybridized carbons (Fsp3) is 0.765. The van der Waals surface area contributed by atoms with E-state index in [0.29, 0.717) is 36.9 Å². The molecule has 38 heavy (non-hydrogen) atoms. The zero-order valence-corrected chi connectivity index (χ0v) is 24.2. The highest BCUT2D eigenvalue weighted by molar-refractivity contribution is 5.45. The van der Waals surface area contributed by atoms with E-state index < -0.39 is 17.0 Å². The van der Waals surface area contributed by atoms with Crippen molar-refractivity contribution in [1.82, 2.24) is 0 Å². The Hall–Kier alpha value is -1.20. The van der Waals surface area contributed by atoms with Crippen molar-refractivity contribution < 1.29 is 19.7 Å². The number of benzene rings is 1. The lowest BCUT2D eigenvalue weighted by atomic mass is 9.50. The molecule has 1 saturated heterocycles. The Morgan fingerprint density at radius 2 is 1.50 bits per heavy atom. The second-order valence-corrected chi connectivity index (χ2v) is 15.7. The molecule has 1 aromatic carbocycles. The lowest BCUT2D eigenvalue weighted by molar-refractivity contribution is -0.322. The fourth-order valence-corrected chi connectivity index (χ4v) is 9.37. The zero-order chi connectivity index (χ0) is 26.8. The Balaban J connectivity index is 1.30. The number of allylic oxidation sites excluding steroid dienone is 1. The minimum Gasteiger partial charge on any atom is -0.390 e. The molecule has 0 amide bonds. The van der Waals surface area contributed by atoms with Gasteiger partial charge in [0.25, 0.3) is 0 Å². The van der Waals surface area contributed by atoms with Gasteiger partial charge in [0.2, 0.25) is 0 Å². The first-order valence-corrected chi connectivity index (χ1v) is 15.4. The van der Waals surface area contributed by atoms with E-state index in [1.54, 1.807) is 0 Å². The van der Waals surface area contributed by atoms with Gasteiger partial charge in [0.05, 0.1) is 24.4 Å². The molecule has 5 aliphatic carbocycles.